The summed E-state index contributed by atoms with van der Waals surface area (Å²) in [5.74, 6) is 0. The standard InChI is InChI=1S/C24H26N3.C22H27N2.C19H27N2/c1-13-14(2)16(4)26-17(5)22-19-12-21-18(9-8-10-25-21)11-20(19)24(6,7)27(22)23(26)15(13)3;1-13-14(2)16(4)23-17(5)20-12-18-10-8-9-11-19(18)22(6,7)24(20)21(23)15(13)3;1-10-11(2)15(6)20-16(7)17-13(4)14(5)19(8,9)21(17)18(20)12(10)3/h8-12H,1-7H3;8-11H,12H2,1-7H3;1-9H3/q3*+1. The molecule has 72 heavy (non-hydrogen) atoms. The molecular formula is C65H80N7+3. The van der Waals surface area contributed by atoms with E-state index in [9.17, 15) is 0 Å². The molecule has 7 heteroatoms. The highest BCUT2D eigenvalue weighted by Gasteiger charge is 2.48. The highest BCUT2D eigenvalue weighted by molar-refractivity contribution is 5.87. The number of fused-ring (bicyclic) bond motifs is 13. The van der Waals surface area contributed by atoms with Crippen LogP contribution in [0.4, 0.5) is 0 Å². The molecule has 0 N–H and O–H groups in total. The molecule has 7 nitrogen and oxygen atoms in total. The zero-order chi connectivity index (χ0) is 52.5. The summed E-state index contributed by atoms with van der Waals surface area (Å²) in [5.41, 5.74) is 38.5. The fraction of sp³-hybridized carbons (Fsp3) is 0.415. The number of aromatic nitrogens is 7. The van der Waals surface area contributed by atoms with Crippen LogP contribution in [0.1, 0.15) is 168 Å². The minimum atomic E-state index is -0.104. The van der Waals surface area contributed by atoms with Gasteiger partial charge in [-0.25, -0.2) is 13.7 Å². The van der Waals surface area contributed by atoms with Gasteiger partial charge in [0.25, 0.3) is 16.9 Å². The van der Waals surface area contributed by atoms with Gasteiger partial charge < -0.3 is 0 Å². The number of rotatable bonds is 0. The largest absolute Gasteiger partial charge is 0.291 e. The Kier molecular flexibility index (Phi) is 11.0. The Morgan fingerprint density at radius 3 is 1.43 bits per heavy atom. The Balaban J connectivity index is 0.000000125. The number of imidazole rings is 3. The molecule has 2 aromatic carbocycles. The number of nitrogens with zero attached hydrogens (tertiary/aromatic N) is 7. The summed E-state index contributed by atoms with van der Waals surface area (Å²) in [6, 6.07) is 17.7. The number of hydrogen-bond donors (Lipinski definition) is 0. The van der Waals surface area contributed by atoms with Crippen LogP contribution in [0.15, 0.2) is 60.3 Å². The normalized spacial score (nSPS) is 15.7. The molecule has 0 bridgehead atoms. The van der Waals surface area contributed by atoms with Gasteiger partial charge in [0.2, 0.25) is 0 Å². The summed E-state index contributed by atoms with van der Waals surface area (Å²) in [6.07, 6.45) is 2.90. The Hall–Kier alpha value is -6.34. The van der Waals surface area contributed by atoms with Gasteiger partial charge >= 0.3 is 0 Å². The Morgan fingerprint density at radius 1 is 0.431 bits per heavy atom. The molecular weight excluding hydrogens is 879 g/mol. The number of aryl methyl sites for hydroxylation is 9. The van der Waals surface area contributed by atoms with Crippen molar-refractivity contribution in [1.29, 1.82) is 0 Å². The Bertz CT molecular complexity index is 3920. The summed E-state index contributed by atoms with van der Waals surface area (Å²) < 4.78 is 15.1. The van der Waals surface area contributed by atoms with Crippen molar-refractivity contribution < 1.29 is 13.7 Å². The fourth-order valence-electron chi connectivity index (χ4n) is 13.8. The number of hydrogen-bond acceptors (Lipinski definition) is 1. The minimum absolute atomic E-state index is 0.0391. The molecule has 0 atom stereocenters. The third-order valence-electron chi connectivity index (χ3n) is 19.3. The van der Waals surface area contributed by atoms with E-state index in [1.165, 1.54) is 157 Å². The monoisotopic (exact) mass is 959 g/mol. The average Bonchev–Trinajstić information content (AvgIpc) is 4.06. The van der Waals surface area contributed by atoms with Crippen LogP contribution in [0, 0.1) is 104 Å². The van der Waals surface area contributed by atoms with Crippen LogP contribution in [-0.4, -0.2) is 18.2 Å². The third-order valence-corrected chi connectivity index (χ3v) is 19.3. The summed E-state index contributed by atoms with van der Waals surface area (Å²) in [5, 5.41) is 1.21. The van der Waals surface area contributed by atoms with E-state index in [4.69, 9.17) is 0 Å². The van der Waals surface area contributed by atoms with Gasteiger partial charge in [-0.15, -0.1) is 0 Å². The lowest BCUT2D eigenvalue weighted by molar-refractivity contribution is -0.732. The van der Waals surface area contributed by atoms with Crippen molar-refractivity contribution in [3.8, 4) is 11.3 Å². The first-order chi connectivity index (χ1) is 33.6. The lowest BCUT2D eigenvalue weighted by Gasteiger charge is -2.31. The molecule has 7 aromatic heterocycles. The lowest BCUT2D eigenvalue weighted by Crippen LogP contribution is -2.58. The molecule has 0 saturated heterocycles. The third kappa shape index (κ3) is 6.27. The molecule has 12 rings (SSSR count). The molecule has 0 radical (unpaired) electrons. The first-order valence-electron chi connectivity index (χ1n) is 26.4. The Morgan fingerprint density at radius 2 is 0.889 bits per heavy atom. The zero-order valence-corrected chi connectivity index (χ0v) is 48.0. The second-order valence-corrected chi connectivity index (χ2v) is 23.6. The smallest absolute Gasteiger partial charge is 0.256 e. The molecule has 372 valence electrons. The van der Waals surface area contributed by atoms with Crippen molar-refractivity contribution in [2.24, 2.45) is 0 Å². The molecule has 0 aliphatic carbocycles. The molecule has 0 saturated carbocycles. The molecule has 0 spiro atoms. The molecule has 0 unspecified atom stereocenters. The quantitative estimate of drug-likeness (QED) is 0.140. The van der Waals surface area contributed by atoms with Crippen LogP contribution >= 0.6 is 0 Å². The van der Waals surface area contributed by atoms with Crippen molar-refractivity contribution in [1.82, 2.24) is 18.2 Å². The van der Waals surface area contributed by atoms with Crippen LogP contribution in [0.25, 0.3) is 44.7 Å². The van der Waals surface area contributed by atoms with Gasteiger partial charge in [0, 0.05) is 77.7 Å². The summed E-state index contributed by atoms with van der Waals surface area (Å²) in [7, 11) is 0. The van der Waals surface area contributed by atoms with Crippen LogP contribution < -0.4 is 13.7 Å². The topological polar surface area (TPSA) is 37.8 Å². The number of pyridine rings is 4. The van der Waals surface area contributed by atoms with Gasteiger partial charge in [0.15, 0.2) is 28.5 Å². The second-order valence-electron chi connectivity index (χ2n) is 23.6. The molecule has 9 aromatic rings. The van der Waals surface area contributed by atoms with Crippen LogP contribution in [0.3, 0.4) is 0 Å². The van der Waals surface area contributed by atoms with E-state index in [0.717, 1.165) is 11.9 Å². The SMILES string of the molecule is CC1=C(C)C(C)(C)[n+]2c1c(C)n1c(C)c(C)c(C)c(C)c12.Cc1c(C)c(C)n2c(C)c3[n+](c2c1C)C(C)(C)c1cc2cccnc2cc1-3.Cc1c(C)c(C)n2c(C)c3[n+](c2c1C)C(C)(C)c1ccccc1C3. The fourth-order valence-corrected chi connectivity index (χ4v) is 13.8. The first kappa shape index (κ1) is 49.2. The maximum atomic E-state index is 4.61. The van der Waals surface area contributed by atoms with Gasteiger partial charge in [-0.1, -0.05) is 30.3 Å². The van der Waals surface area contributed by atoms with Crippen LogP contribution in [-0.2, 0) is 23.0 Å². The number of allylic oxidation sites excluding steroid dienone is 2. The van der Waals surface area contributed by atoms with Crippen molar-refractivity contribution >= 4 is 33.4 Å². The summed E-state index contributed by atoms with van der Waals surface area (Å²) >= 11 is 0. The number of benzene rings is 2. The van der Waals surface area contributed by atoms with E-state index in [2.05, 4.69) is 234 Å². The molecule has 3 aliphatic rings. The van der Waals surface area contributed by atoms with Crippen molar-refractivity contribution in [2.45, 2.75) is 182 Å². The van der Waals surface area contributed by atoms with E-state index in [-0.39, 0.29) is 16.6 Å². The molecule has 0 amide bonds. The molecule has 0 fully saturated rings. The highest BCUT2D eigenvalue weighted by atomic mass is 15.2. The summed E-state index contributed by atoms with van der Waals surface area (Å²) in [4.78, 5) is 4.61. The predicted octanol–water partition coefficient (Wildman–Crippen LogP) is 13.8. The van der Waals surface area contributed by atoms with Gasteiger partial charge in [-0.05, 0) is 201 Å². The van der Waals surface area contributed by atoms with Crippen molar-refractivity contribution in [3.63, 3.8) is 0 Å². The summed E-state index contributed by atoms with van der Waals surface area (Å²) in [6.45, 7) is 52.5. The van der Waals surface area contributed by atoms with Gasteiger partial charge in [0.1, 0.15) is 39.4 Å². The van der Waals surface area contributed by atoms with Gasteiger partial charge in [-0.2, -0.15) is 13.2 Å². The molecule has 3 aliphatic heterocycles. The second kappa shape index (κ2) is 16.1. The van der Waals surface area contributed by atoms with Gasteiger partial charge in [-0.3, -0.25) is 4.98 Å². The van der Waals surface area contributed by atoms with Gasteiger partial charge in [0.05, 0.1) is 5.52 Å². The van der Waals surface area contributed by atoms with E-state index in [0.29, 0.717) is 0 Å². The van der Waals surface area contributed by atoms with Crippen LogP contribution in [0.2, 0.25) is 0 Å². The van der Waals surface area contributed by atoms with E-state index >= 15 is 0 Å². The van der Waals surface area contributed by atoms with Crippen molar-refractivity contribution in [2.75, 3.05) is 0 Å². The predicted molar refractivity (Wildman–Crippen MR) is 298 cm³/mol. The molecule has 10 heterocycles. The highest BCUT2D eigenvalue weighted by Crippen LogP contribution is 2.44. The van der Waals surface area contributed by atoms with Crippen LogP contribution in [0.5, 0.6) is 0 Å². The lowest BCUT2D eigenvalue weighted by atomic mass is 9.84. The average molecular weight is 959 g/mol. The zero-order valence-electron chi connectivity index (χ0n) is 48.0. The maximum Gasteiger partial charge on any atom is 0.291 e. The Labute approximate surface area is 429 Å². The van der Waals surface area contributed by atoms with E-state index in [1.54, 1.807) is 0 Å². The van der Waals surface area contributed by atoms with E-state index < -0.39 is 0 Å². The minimum Gasteiger partial charge on any atom is -0.256 e. The van der Waals surface area contributed by atoms with Crippen molar-refractivity contribution in [3.05, 3.63) is 173 Å². The first-order valence-corrected chi connectivity index (χ1v) is 26.4. The van der Waals surface area contributed by atoms with E-state index in [1.807, 2.05) is 12.3 Å². The maximum absolute atomic E-state index is 4.61.